The van der Waals surface area contributed by atoms with Gasteiger partial charge in [-0.1, -0.05) is 6.92 Å². The van der Waals surface area contributed by atoms with Crippen LogP contribution in [0.25, 0.3) is 0 Å². The third kappa shape index (κ3) is 8.97. The summed E-state index contributed by atoms with van der Waals surface area (Å²) in [5.41, 5.74) is 0. The zero-order valence-electron chi connectivity index (χ0n) is 3.62. The number of hydrogen-bond donors (Lipinski definition) is 0. The second kappa shape index (κ2) is 6.24. The number of ketones is 1. The molecule has 2 heteroatoms. The predicted molar refractivity (Wildman–Crippen MR) is 29.5 cm³/mol. The number of rotatable bonds is 1. The fourth-order valence-electron chi connectivity index (χ4n) is 0. The molecule has 34 valence electrons. The van der Waals surface area contributed by atoms with E-state index in [1.807, 2.05) is 6.92 Å². The van der Waals surface area contributed by atoms with Crippen molar-refractivity contribution in [3.05, 3.63) is 0 Å². The zero-order chi connectivity index (χ0) is 4.28. The van der Waals surface area contributed by atoms with Crippen molar-refractivity contribution < 1.29 is 4.79 Å². The molecular formula is C4H10BaO. The summed E-state index contributed by atoms with van der Waals surface area (Å²) in [5, 5.41) is 0. The van der Waals surface area contributed by atoms with Gasteiger partial charge >= 0.3 is 48.9 Å². The second-order valence-corrected chi connectivity index (χ2v) is 1.06. The van der Waals surface area contributed by atoms with Crippen molar-refractivity contribution in [1.82, 2.24) is 0 Å². The van der Waals surface area contributed by atoms with Crippen LogP contribution in [0, 0.1) is 0 Å². The Balaban J connectivity index is 0. The number of hydrogen-bond acceptors (Lipinski definition) is 1. The average molecular weight is 211 g/mol. The van der Waals surface area contributed by atoms with Gasteiger partial charge in [0.1, 0.15) is 5.78 Å². The van der Waals surface area contributed by atoms with Gasteiger partial charge in [0.15, 0.2) is 0 Å². The van der Waals surface area contributed by atoms with E-state index in [0.717, 1.165) is 0 Å². The molecule has 0 bridgehead atoms. The molecule has 0 atom stereocenters. The Morgan fingerprint density at radius 2 is 1.83 bits per heavy atom. The normalized spacial score (nSPS) is 6.33. The quantitative estimate of drug-likeness (QED) is 0.561. The van der Waals surface area contributed by atoms with Crippen LogP contribution in [0.3, 0.4) is 0 Å². The first-order chi connectivity index (χ1) is 2.27. The van der Waals surface area contributed by atoms with E-state index >= 15 is 0 Å². The van der Waals surface area contributed by atoms with Crippen LogP contribution in [-0.4, -0.2) is 54.7 Å². The summed E-state index contributed by atoms with van der Waals surface area (Å²) in [4.78, 5) is 9.81. The summed E-state index contributed by atoms with van der Waals surface area (Å²) in [6.07, 6.45) is 0.667. The second-order valence-electron chi connectivity index (χ2n) is 1.06. The summed E-state index contributed by atoms with van der Waals surface area (Å²) in [6, 6.07) is 0. The average Bonchev–Trinajstić information content (AvgIpc) is 1.38. The Morgan fingerprint density at radius 3 is 1.83 bits per heavy atom. The number of carbonyl (C=O) groups excluding carboxylic acids is 1. The fourth-order valence-corrected chi connectivity index (χ4v) is 0. The van der Waals surface area contributed by atoms with E-state index in [1.165, 1.54) is 0 Å². The summed E-state index contributed by atoms with van der Waals surface area (Å²) < 4.78 is 0. The summed E-state index contributed by atoms with van der Waals surface area (Å²) in [6.45, 7) is 3.43. The Hall–Kier alpha value is 1.24. The van der Waals surface area contributed by atoms with Gasteiger partial charge < -0.3 is 4.79 Å². The Bertz CT molecular complexity index is 42.8. The molecule has 0 aromatic heterocycles. The van der Waals surface area contributed by atoms with Crippen LogP contribution < -0.4 is 0 Å². The van der Waals surface area contributed by atoms with Crippen LogP contribution in [0.2, 0.25) is 0 Å². The van der Waals surface area contributed by atoms with Crippen molar-refractivity contribution in [3.8, 4) is 0 Å². The van der Waals surface area contributed by atoms with Crippen molar-refractivity contribution in [3.63, 3.8) is 0 Å². The molecule has 0 radical (unpaired) electrons. The van der Waals surface area contributed by atoms with Crippen molar-refractivity contribution in [2.24, 2.45) is 0 Å². The van der Waals surface area contributed by atoms with Gasteiger partial charge in [0.05, 0.1) is 0 Å². The van der Waals surface area contributed by atoms with Crippen LogP contribution in [0.4, 0.5) is 0 Å². The monoisotopic (exact) mass is 212 g/mol. The number of carbonyl (C=O) groups is 1. The fraction of sp³-hybridized carbons (Fsp3) is 0.750. The van der Waals surface area contributed by atoms with Crippen molar-refractivity contribution in [2.75, 3.05) is 0 Å². The third-order valence-corrected chi connectivity index (χ3v) is 0.498. The van der Waals surface area contributed by atoms with E-state index in [4.69, 9.17) is 0 Å². The van der Waals surface area contributed by atoms with E-state index in [9.17, 15) is 4.79 Å². The molecule has 0 saturated carbocycles. The van der Waals surface area contributed by atoms with E-state index < -0.39 is 0 Å². The number of Topliss-reactive ketones (excluding diaryl/α,β-unsaturated/α-hetero) is 1. The van der Waals surface area contributed by atoms with Gasteiger partial charge in [-0.05, 0) is 6.92 Å². The molecule has 0 aliphatic rings. The van der Waals surface area contributed by atoms with Crippen LogP contribution in [0.1, 0.15) is 20.3 Å². The standard InChI is InChI=1S/C4H8O.Ba.2H/c1-3-4(2)5;;;/h3H2,1-2H3;;;. The minimum absolute atomic E-state index is 0. The van der Waals surface area contributed by atoms with Gasteiger partial charge in [0.25, 0.3) is 0 Å². The van der Waals surface area contributed by atoms with E-state index in [1.54, 1.807) is 6.92 Å². The summed E-state index contributed by atoms with van der Waals surface area (Å²) >= 11 is 0. The maximum atomic E-state index is 9.81. The molecule has 0 heterocycles. The van der Waals surface area contributed by atoms with Crippen LogP contribution in [0.5, 0.6) is 0 Å². The first kappa shape index (κ1) is 10.3. The predicted octanol–water partition coefficient (Wildman–Crippen LogP) is 0.0692. The van der Waals surface area contributed by atoms with E-state index in [2.05, 4.69) is 0 Å². The zero-order valence-corrected chi connectivity index (χ0v) is 3.62. The van der Waals surface area contributed by atoms with Gasteiger partial charge in [-0.25, -0.2) is 0 Å². The molecule has 0 aliphatic carbocycles. The molecule has 0 fully saturated rings. The molecule has 0 spiro atoms. The Morgan fingerprint density at radius 1 is 1.67 bits per heavy atom. The van der Waals surface area contributed by atoms with Crippen LogP contribution in [0.15, 0.2) is 0 Å². The topological polar surface area (TPSA) is 17.1 Å². The molecule has 0 saturated heterocycles. The molecule has 0 N–H and O–H groups in total. The molecule has 1 nitrogen and oxygen atoms in total. The SMILES string of the molecule is CCC(C)=O.[BaH2]. The molecule has 0 aromatic rings. The van der Waals surface area contributed by atoms with Gasteiger partial charge in [-0.3, -0.25) is 0 Å². The van der Waals surface area contributed by atoms with Crippen molar-refractivity contribution in [2.45, 2.75) is 20.3 Å². The van der Waals surface area contributed by atoms with Crippen molar-refractivity contribution >= 4 is 54.7 Å². The molecule has 0 rings (SSSR count). The summed E-state index contributed by atoms with van der Waals surface area (Å²) in [7, 11) is 0. The van der Waals surface area contributed by atoms with E-state index in [0.29, 0.717) is 6.42 Å². The molecule has 0 unspecified atom stereocenters. The first-order valence-electron chi connectivity index (χ1n) is 1.76. The molecule has 0 amide bonds. The van der Waals surface area contributed by atoms with Crippen LogP contribution >= 0.6 is 0 Å². The molecule has 0 aliphatic heterocycles. The maximum absolute atomic E-state index is 9.81. The van der Waals surface area contributed by atoms with E-state index in [-0.39, 0.29) is 54.7 Å². The van der Waals surface area contributed by atoms with Gasteiger partial charge in [0.2, 0.25) is 0 Å². The van der Waals surface area contributed by atoms with Gasteiger partial charge in [-0.2, -0.15) is 0 Å². The summed E-state index contributed by atoms with van der Waals surface area (Å²) in [5.74, 6) is 0.255. The first-order valence-corrected chi connectivity index (χ1v) is 1.76. The minimum atomic E-state index is 0. The van der Waals surface area contributed by atoms with Gasteiger partial charge in [-0.15, -0.1) is 0 Å². The van der Waals surface area contributed by atoms with Gasteiger partial charge in [0, 0.05) is 6.42 Å². The molecule has 0 aromatic carbocycles. The molecule has 6 heavy (non-hydrogen) atoms. The Labute approximate surface area is 78.6 Å². The molecular weight excluding hydrogens is 201 g/mol. The Kier molecular flexibility index (Phi) is 10.7. The third-order valence-electron chi connectivity index (χ3n) is 0.498. The van der Waals surface area contributed by atoms with Crippen molar-refractivity contribution in [1.29, 1.82) is 0 Å². The van der Waals surface area contributed by atoms with Crippen LogP contribution in [-0.2, 0) is 4.79 Å².